The number of hydrogen-bond acceptors (Lipinski definition) is 3. The van der Waals surface area contributed by atoms with E-state index in [4.69, 9.17) is 5.73 Å². The quantitative estimate of drug-likeness (QED) is 0.734. The summed E-state index contributed by atoms with van der Waals surface area (Å²) in [5, 5.41) is 5.56. The lowest BCUT2D eigenvalue weighted by molar-refractivity contribution is -0.119. The molecule has 0 aromatic heterocycles. The van der Waals surface area contributed by atoms with Gasteiger partial charge in [-0.15, -0.1) is 0 Å². The fourth-order valence-corrected chi connectivity index (χ4v) is 1.43. The third kappa shape index (κ3) is 5.09. The van der Waals surface area contributed by atoms with Crippen molar-refractivity contribution >= 4 is 11.8 Å². The molecule has 0 fully saturated rings. The lowest BCUT2D eigenvalue weighted by Gasteiger charge is -2.24. The summed E-state index contributed by atoms with van der Waals surface area (Å²) in [6.45, 7) is 6.05. The van der Waals surface area contributed by atoms with Crippen molar-refractivity contribution in [1.29, 1.82) is 0 Å². The summed E-state index contributed by atoms with van der Waals surface area (Å²) in [7, 11) is 0. The minimum Gasteiger partial charge on any atom is -0.352 e. The Morgan fingerprint density at radius 3 is 2.26 bits per heavy atom. The number of nitrogens with two attached hydrogens (primary N) is 1. The van der Waals surface area contributed by atoms with Crippen LogP contribution < -0.4 is 16.4 Å². The first-order chi connectivity index (χ1) is 8.84. The van der Waals surface area contributed by atoms with Gasteiger partial charge in [0.25, 0.3) is 5.91 Å². The molecule has 104 valence electrons. The lowest BCUT2D eigenvalue weighted by atomic mass is 10.0. The number of amides is 2. The van der Waals surface area contributed by atoms with Crippen molar-refractivity contribution < 1.29 is 9.59 Å². The summed E-state index contributed by atoms with van der Waals surface area (Å²) in [6.07, 6.45) is 0. The van der Waals surface area contributed by atoms with Crippen LogP contribution in [-0.4, -0.2) is 23.9 Å². The Morgan fingerprint density at radius 1 is 1.21 bits per heavy atom. The van der Waals surface area contributed by atoms with E-state index < -0.39 is 5.54 Å². The molecule has 5 heteroatoms. The molecular weight excluding hydrogens is 242 g/mol. The van der Waals surface area contributed by atoms with E-state index in [0.717, 1.165) is 5.56 Å². The van der Waals surface area contributed by atoms with E-state index in [2.05, 4.69) is 10.6 Å². The second-order valence-electron chi connectivity index (χ2n) is 5.15. The van der Waals surface area contributed by atoms with Gasteiger partial charge in [0.1, 0.15) is 0 Å². The van der Waals surface area contributed by atoms with Crippen molar-refractivity contribution in [3.8, 4) is 0 Å². The first-order valence-electron chi connectivity index (χ1n) is 6.20. The predicted octanol–water partition coefficient (Wildman–Crippen LogP) is 0.790. The molecular formula is C14H21N3O2. The molecule has 0 aliphatic carbocycles. The van der Waals surface area contributed by atoms with Gasteiger partial charge in [-0.25, -0.2) is 0 Å². The van der Waals surface area contributed by atoms with Crippen molar-refractivity contribution in [3.63, 3.8) is 0 Å². The van der Waals surface area contributed by atoms with Crippen LogP contribution >= 0.6 is 0 Å². The van der Waals surface area contributed by atoms with Crippen LogP contribution in [0.4, 0.5) is 0 Å². The van der Waals surface area contributed by atoms with E-state index in [1.807, 2.05) is 26.0 Å². The van der Waals surface area contributed by atoms with Gasteiger partial charge in [0.05, 0.1) is 0 Å². The maximum Gasteiger partial charge on any atom is 0.251 e. The second kappa shape index (κ2) is 6.33. The zero-order valence-electron chi connectivity index (χ0n) is 11.6. The van der Waals surface area contributed by atoms with Crippen molar-refractivity contribution in [2.24, 2.45) is 5.73 Å². The molecule has 4 N–H and O–H groups in total. The van der Waals surface area contributed by atoms with Gasteiger partial charge in [-0.05, 0) is 31.5 Å². The smallest absolute Gasteiger partial charge is 0.251 e. The Kier molecular flexibility index (Phi) is 5.06. The largest absolute Gasteiger partial charge is 0.352 e. The van der Waals surface area contributed by atoms with Crippen molar-refractivity contribution in [3.05, 3.63) is 35.4 Å². The van der Waals surface area contributed by atoms with Crippen LogP contribution in [0.1, 0.15) is 36.7 Å². The van der Waals surface area contributed by atoms with Crippen LogP contribution in [0, 0.1) is 0 Å². The van der Waals surface area contributed by atoms with Gasteiger partial charge in [0.15, 0.2) is 0 Å². The molecule has 1 aromatic rings. The number of rotatable bonds is 5. The minimum absolute atomic E-state index is 0.0773. The highest BCUT2D eigenvalue weighted by Crippen LogP contribution is 2.07. The Bertz CT molecular complexity index is 452. The average molecular weight is 263 g/mol. The molecule has 0 saturated carbocycles. The highest BCUT2D eigenvalue weighted by Gasteiger charge is 2.18. The molecule has 19 heavy (non-hydrogen) atoms. The Morgan fingerprint density at radius 2 is 1.79 bits per heavy atom. The molecule has 0 radical (unpaired) electrons. The third-order valence-electron chi connectivity index (χ3n) is 2.72. The van der Waals surface area contributed by atoms with Gasteiger partial charge in [0, 0.05) is 31.1 Å². The summed E-state index contributed by atoms with van der Waals surface area (Å²) in [6, 6.07) is 7.11. The molecule has 0 atom stereocenters. The highest BCUT2D eigenvalue weighted by molar-refractivity contribution is 5.94. The van der Waals surface area contributed by atoms with E-state index in [1.54, 1.807) is 12.1 Å². The Hall–Kier alpha value is -1.88. The molecule has 0 unspecified atom stereocenters. The standard InChI is InChI=1S/C14H21N3O2/c1-10(18)16-8-11-4-6-12(7-5-11)13(19)17-14(2,3)9-15/h4-7H,8-9,15H2,1-3H3,(H,16,18)(H,17,19). The van der Waals surface area contributed by atoms with Crippen molar-refractivity contribution in [2.75, 3.05) is 6.54 Å². The molecule has 1 rings (SSSR count). The van der Waals surface area contributed by atoms with Crippen LogP contribution in [0.2, 0.25) is 0 Å². The molecule has 0 bridgehead atoms. The number of carbonyl (C=O) groups excluding carboxylic acids is 2. The Balaban J connectivity index is 2.65. The highest BCUT2D eigenvalue weighted by atomic mass is 16.2. The summed E-state index contributed by atoms with van der Waals surface area (Å²) in [4.78, 5) is 22.8. The molecule has 0 heterocycles. The van der Waals surface area contributed by atoms with Crippen molar-refractivity contribution in [2.45, 2.75) is 32.9 Å². The van der Waals surface area contributed by atoms with E-state index >= 15 is 0 Å². The average Bonchev–Trinajstić information content (AvgIpc) is 2.36. The number of hydrogen-bond donors (Lipinski definition) is 3. The maximum atomic E-state index is 12.0. The number of carbonyl (C=O) groups is 2. The van der Waals surface area contributed by atoms with Gasteiger partial charge in [-0.2, -0.15) is 0 Å². The van der Waals surface area contributed by atoms with Crippen LogP contribution in [0.15, 0.2) is 24.3 Å². The molecule has 2 amide bonds. The maximum absolute atomic E-state index is 12.0. The van der Waals surface area contributed by atoms with E-state index in [-0.39, 0.29) is 11.8 Å². The minimum atomic E-state index is -0.425. The monoisotopic (exact) mass is 263 g/mol. The molecule has 0 aliphatic rings. The van der Waals surface area contributed by atoms with Crippen LogP contribution in [0.3, 0.4) is 0 Å². The first-order valence-corrected chi connectivity index (χ1v) is 6.20. The summed E-state index contributed by atoms with van der Waals surface area (Å²) in [5.41, 5.74) is 6.67. The SMILES string of the molecule is CC(=O)NCc1ccc(C(=O)NC(C)(C)CN)cc1. The van der Waals surface area contributed by atoms with E-state index in [1.165, 1.54) is 6.92 Å². The second-order valence-corrected chi connectivity index (χ2v) is 5.15. The van der Waals surface area contributed by atoms with Gasteiger partial charge in [0.2, 0.25) is 5.91 Å². The van der Waals surface area contributed by atoms with E-state index in [0.29, 0.717) is 18.7 Å². The predicted molar refractivity (Wildman–Crippen MR) is 74.6 cm³/mol. The topological polar surface area (TPSA) is 84.2 Å². The van der Waals surface area contributed by atoms with E-state index in [9.17, 15) is 9.59 Å². The summed E-state index contributed by atoms with van der Waals surface area (Å²) >= 11 is 0. The Labute approximate surface area is 113 Å². The fourth-order valence-electron chi connectivity index (χ4n) is 1.43. The first kappa shape index (κ1) is 15.2. The van der Waals surface area contributed by atoms with Gasteiger partial charge < -0.3 is 16.4 Å². The summed E-state index contributed by atoms with van der Waals surface area (Å²) in [5.74, 6) is -0.229. The number of nitrogens with one attached hydrogen (secondary N) is 2. The number of benzene rings is 1. The zero-order valence-corrected chi connectivity index (χ0v) is 11.6. The molecule has 1 aromatic carbocycles. The lowest BCUT2D eigenvalue weighted by Crippen LogP contribution is -2.48. The van der Waals surface area contributed by atoms with Crippen LogP contribution in [-0.2, 0) is 11.3 Å². The molecule has 0 spiro atoms. The normalized spacial score (nSPS) is 10.9. The van der Waals surface area contributed by atoms with Gasteiger partial charge in [-0.3, -0.25) is 9.59 Å². The third-order valence-corrected chi connectivity index (χ3v) is 2.72. The molecule has 0 saturated heterocycles. The zero-order chi connectivity index (χ0) is 14.5. The summed E-state index contributed by atoms with van der Waals surface area (Å²) < 4.78 is 0. The fraction of sp³-hybridized carbons (Fsp3) is 0.429. The molecule has 0 aliphatic heterocycles. The van der Waals surface area contributed by atoms with Crippen molar-refractivity contribution in [1.82, 2.24) is 10.6 Å². The van der Waals surface area contributed by atoms with Crippen LogP contribution in [0.5, 0.6) is 0 Å². The molecule has 5 nitrogen and oxygen atoms in total. The van der Waals surface area contributed by atoms with Gasteiger partial charge in [-0.1, -0.05) is 12.1 Å². The van der Waals surface area contributed by atoms with Gasteiger partial charge >= 0.3 is 0 Å². The van der Waals surface area contributed by atoms with Crippen LogP contribution in [0.25, 0.3) is 0 Å².